The van der Waals surface area contributed by atoms with Crippen LogP contribution in [0, 0.1) is 5.82 Å². The summed E-state index contributed by atoms with van der Waals surface area (Å²) in [6.45, 7) is 7.36. The molecular formula is C20H30FN5O2. The lowest BCUT2D eigenvalue weighted by molar-refractivity contribution is -0.135. The number of hydrogen-bond donors (Lipinski definition) is 2. The summed E-state index contributed by atoms with van der Waals surface area (Å²) < 4.78 is 13.5. The fourth-order valence-electron chi connectivity index (χ4n) is 3.85. The van der Waals surface area contributed by atoms with Gasteiger partial charge in [0.1, 0.15) is 0 Å². The fourth-order valence-corrected chi connectivity index (χ4v) is 3.85. The summed E-state index contributed by atoms with van der Waals surface area (Å²) in [5.74, 6) is 0.0240. The van der Waals surface area contributed by atoms with Crippen LogP contribution in [-0.4, -0.2) is 84.0 Å². The van der Waals surface area contributed by atoms with E-state index in [1.165, 1.54) is 12.1 Å². The van der Waals surface area contributed by atoms with Gasteiger partial charge in [-0.05, 0) is 37.5 Å². The molecule has 1 aromatic rings. The Bertz CT molecular complexity index is 713. The number of carbonyl (C=O) groups excluding carboxylic acids is 1. The number of aromatic hydroxyl groups is 1. The van der Waals surface area contributed by atoms with Gasteiger partial charge in [0, 0.05) is 52.9 Å². The normalized spacial score (nSPS) is 19.8. The van der Waals surface area contributed by atoms with Crippen LogP contribution in [0.4, 0.5) is 4.39 Å². The molecule has 1 aromatic carbocycles. The molecule has 8 heteroatoms. The van der Waals surface area contributed by atoms with Crippen molar-refractivity contribution in [1.82, 2.24) is 20.0 Å². The molecule has 2 aliphatic rings. The van der Waals surface area contributed by atoms with E-state index in [0.29, 0.717) is 6.54 Å². The van der Waals surface area contributed by atoms with E-state index in [1.807, 2.05) is 11.8 Å². The van der Waals surface area contributed by atoms with Gasteiger partial charge in [-0.15, -0.1) is 0 Å². The number of piperazine rings is 1. The zero-order chi connectivity index (χ0) is 20.1. The van der Waals surface area contributed by atoms with Gasteiger partial charge in [-0.3, -0.25) is 14.7 Å². The number of halogens is 1. The van der Waals surface area contributed by atoms with Gasteiger partial charge in [0.15, 0.2) is 17.5 Å². The highest BCUT2D eigenvalue weighted by molar-refractivity contribution is 5.82. The lowest BCUT2D eigenvalue weighted by Crippen LogP contribution is -2.57. The van der Waals surface area contributed by atoms with Crippen molar-refractivity contribution in [2.75, 3.05) is 46.3 Å². The maximum atomic E-state index is 13.5. The average Bonchev–Trinajstić information content (AvgIpc) is 3.25. The van der Waals surface area contributed by atoms with E-state index in [4.69, 9.17) is 0 Å². The van der Waals surface area contributed by atoms with Gasteiger partial charge >= 0.3 is 0 Å². The molecule has 0 saturated carbocycles. The minimum Gasteiger partial charge on any atom is -0.505 e. The molecule has 1 amide bonds. The summed E-state index contributed by atoms with van der Waals surface area (Å²) >= 11 is 0. The summed E-state index contributed by atoms with van der Waals surface area (Å²) in [6.07, 6.45) is 2.22. The second-order valence-electron chi connectivity index (χ2n) is 7.42. The Labute approximate surface area is 165 Å². The summed E-state index contributed by atoms with van der Waals surface area (Å²) in [5.41, 5.74) is 0.736. The lowest BCUT2D eigenvalue weighted by Gasteiger charge is -2.39. The van der Waals surface area contributed by atoms with Crippen LogP contribution in [0.1, 0.15) is 25.3 Å². The van der Waals surface area contributed by atoms with Crippen molar-refractivity contribution in [3.8, 4) is 5.75 Å². The van der Waals surface area contributed by atoms with Gasteiger partial charge in [0.05, 0.1) is 6.04 Å². The number of phenolic OH excluding ortho intramolecular Hbond substituents is 1. The summed E-state index contributed by atoms with van der Waals surface area (Å²) in [5, 5.41) is 12.5. The molecule has 2 N–H and O–H groups in total. The van der Waals surface area contributed by atoms with E-state index in [9.17, 15) is 14.3 Å². The van der Waals surface area contributed by atoms with Crippen LogP contribution in [0.25, 0.3) is 0 Å². The Morgan fingerprint density at radius 2 is 1.86 bits per heavy atom. The number of phenols is 1. The van der Waals surface area contributed by atoms with Crippen LogP contribution >= 0.6 is 0 Å². The molecule has 3 rings (SSSR count). The molecule has 0 aliphatic carbocycles. The zero-order valence-electron chi connectivity index (χ0n) is 16.7. The Kier molecular flexibility index (Phi) is 6.72. The van der Waals surface area contributed by atoms with Crippen LogP contribution in [0.2, 0.25) is 0 Å². The molecule has 2 saturated heterocycles. The number of nitrogens with zero attached hydrogens (tertiary/aromatic N) is 4. The molecule has 1 atom stereocenters. The Morgan fingerprint density at radius 3 is 2.46 bits per heavy atom. The number of benzene rings is 1. The summed E-state index contributed by atoms with van der Waals surface area (Å²) in [6, 6.07) is 4.27. The van der Waals surface area contributed by atoms with Gasteiger partial charge in [-0.2, -0.15) is 0 Å². The quantitative estimate of drug-likeness (QED) is 0.597. The maximum Gasteiger partial charge on any atom is 0.239 e. The third-order valence-electron chi connectivity index (χ3n) is 5.61. The van der Waals surface area contributed by atoms with Crippen LogP contribution in [-0.2, 0) is 11.3 Å². The Morgan fingerprint density at radius 1 is 1.18 bits per heavy atom. The first kappa shape index (κ1) is 20.4. The van der Waals surface area contributed by atoms with E-state index in [1.54, 1.807) is 13.1 Å². The fraction of sp³-hybridized carbons (Fsp3) is 0.600. The van der Waals surface area contributed by atoms with Crippen molar-refractivity contribution in [2.24, 2.45) is 4.99 Å². The van der Waals surface area contributed by atoms with Crippen molar-refractivity contribution >= 4 is 11.9 Å². The zero-order valence-corrected chi connectivity index (χ0v) is 16.7. The molecule has 0 aromatic heterocycles. The van der Waals surface area contributed by atoms with Gasteiger partial charge in [-0.1, -0.05) is 6.07 Å². The smallest absolute Gasteiger partial charge is 0.239 e. The maximum absolute atomic E-state index is 13.5. The molecule has 0 spiro atoms. The van der Waals surface area contributed by atoms with Crippen molar-refractivity contribution in [1.29, 1.82) is 0 Å². The SMILES string of the molecule is CN=C(NCc1ccc(O)c(F)c1)N1CCN(C(C)C(=O)N2CCCC2)CC1. The minimum atomic E-state index is -0.625. The van der Waals surface area contributed by atoms with Crippen LogP contribution in [0.15, 0.2) is 23.2 Å². The lowest BCUT2D eigenvalue weighted by atomic mass is 10.2. The predicted octanol–water partition coefficient (Wildman–Crippen LogP) is 1.24. The van der Waals surface area contributed by atoms with E-state index in [-0.39, 0.29) is 17.7 Å². The van der Waals surface area contributed by atoms with Crippen molar-refractivity contribution in [2.45, 2.75) is 32.4 Å². The number of nitrogens with one attached hydrogen (secondary N) is 1. The van der Waals surface area contributed by atoms with Crippen LogP contribution in [0.3, 0.4) is 0 Å². The highest BCUT2D eigenvalue weighted by atomic mass is 19.1. The molecule has 2 aliphatic heterocycles. The Hall–Kier alpha value is -2.35. The van der Waals surface area contributed by atoms with Gasteiger partial charge < -0.3 is 20.2 Å². The van der Waals surface area contributed by atoms with Gasteiger partial charge in [-0.25, -0.2) is 4.39 Å². The summed E-state index contributed by atoms with van der Waals surface area (Å²) in [4.78, 5) is 23.3. The van der Waals surface area contributed by atoms with E-state index >= 15 is 0 Å². The molecular weight excluding hydrogens is 361 g/mol. The van der Waals surface area contributed by atoms with Crippen LogP contribution in [0.5, 0.6) is 5.75 Å². The predicted molar refractivity (Wildman–Crippen MR) is 107 cm³/mol. The second kappa shape index (κ2) is 9.23. The number of rotatable bonds is 4. The molecule has 1 unspecified atom stereocenters. The van der Waals surface area contributed by atoms with Crippen molar-refractivity contribution in [3.63, 3.8) is 0 Å². The highest BCUT2D eigenvalue weighted by Crippen LogP contribution is 2.16. The van der Waals surface area contributed by atoms with Crippen LogP contribution < -0.4 is 5.32 Å². The minimum absolute atomic E-state index is 0.0878. The monoisotopic (exact) mass is 391 g/mol. The van der Waals surface area contributed by atoms with E-state index in [2.05, 4.69) is 20.1 Å². The number of hydrogen-bond acceptors (Lipinski definition) is 4. The van der Waals surface area contributed by atoms with E-state index in [0.717, 1.165) is 63.6 Å². The van der Waals surface area contributed by atoms with Gasteiger partial charge in [0.25, 0.3) is 0 Å². The number of guanidine groups is 1. The second-order valence-corrected chi connectivity index (χ2v) is 7.42. The number of amides is 1. The Balaban J connectivity index is 1.49. The van der Waals surface area contributed by atoms with Crippen molar-refractivity contribution < 1.29 is 14.3 Å². The van der Waals surface area contributed by atoms with Crippen molar-refractivity contribution in [3.05, 3.63) is 29.6 Å². The third kappa shape index (κ3) is 4.73. The average molecular weight is 391 g/mol. The highest BCUT2D eigenvalue weighted by Gasteiger charge is 2.30. The molecule has 7 nitrogen and oxygen atoms in total. The first-order valence-corrected chi connectivity index (χ1v) is 9.95. The van der Waals surface area contributed by atoms with E-state index < -0.39 is 5.82 Å². The third-order valence-corrected chi connectivity index (χ3v) is 5.61. The summed E-state index contributed by atoms with van der Waals surface area (Å²) in [7, 11) is 1.73. The standard InChI is InChI=1S/C20H30FN5O2/c1-15(19(28)25-7-3-4-8-25)24-9-11-26(12-10-24)20(22-2)23-14-16-5-6-18(27)17(21)13-16/h5-6,13,15,27H,3-4,7-12,14H2,1-2H3,(H,22,23). The molecule has 0 bridgehead atoms. The first-order chi connectivity index (χ1) is 13.5. The number of carbonyl (C=O) groups is 1. The number of aliphatic imine (C=N–C) groups is 1. The molecule has 154 valence electrons. The number of likely N-dealkylation sites (tertiary alicyclic amines) is 1. The topological polar surface area (TPSA) is 71.4 Å². The molecule has 28 heavy (non-hydrogen) atoms. The first-order valence-electron chi connectivity index (χ1n) is 9.95. The largest absolute Gasteiger partial charge is 0.505 e. The van der Waals surface area contributed by atoms with Gasteiger partial charge in [0.2, 0.25) is 5.91 Å². The molecule has 0 radical (unpaired) electrons. The molecule has 2 fully saturated rings. The molecule has 2 heterocycles.